The number of carbonyl (C=O) groups excluding carboxylic acids is 1. The zero-order valence-corrected chi connectivity index (χ0v) is 11.1. The van der Waals surface area contributed by atoms with Crippen LogP contribution in [0.2, 0.25) is 0 Å². The molecule has 0 atom stereocenters. The zero-order chi connectivity index (χ0) is 12.7. The first-order valence-corrected chi connectivity index (χ1v) is 6.37. The monoisotopic (exact) mass is 269 g/mol. The van der Waals surface area contributed by atoms with E-state index in [1.807, 2.05) is 6.92 Å². The zero-order valence-electron chi connectivity index (χ0n) is 9.47. The van der Waals surface area contributed by atoms with Gasteiger partial charge in [0.15, 0.2) is 11.0 Å². The number of thioether (sulfide) groups is 1. The van der Waals surface area contributed by atoms with Crippen LogP contribution in [-0.4, -0.2) is 33.5 Å². The second kappa shape index (κ2) is 7.11. The minimum Gasteiger partial charge on any atom is -0.462 e. The molecule has 17 heavy (non-hydrogen) atoms. The molecule has 0 saturated carbocycles. The van der Waals surface area contributed by atoms with Crippen molar-refractivity contribution in [3.8, 4) is 0 Å². The topological polar surface area (TPSA) is 64.4 Å². The molecule has 90 valence electrons. The molecule has 0 aliphatic heterocycles. The van der Waals surface area contributed by atoms with Gasteiger partial charge in [-0.25, -0.2) is 14.8 Å². The third-order valence-corrected chi connectivity index (χ3v) is 2.50. The number of thiocarbonyl (C=S) groups is 1. The van der Waals surface area contributed by atoms with Gasteiger partial charge < -0.3 is 4.74 Å². The predicted octanol–water partition coefficient (Wildman–Crippen LogP) is 2.50. The number of aliphatic imine (C=N–C) groups is 1. The molecule has 0 aromatic carbocycles. The van der Waals surface area contributed by atoms with Gasteiger partial charge in [0, 0.05) is 6.20 Å². The lowest BCUT2D eigenvalue weighted by Gasteiger charge is -2.04. The summed E-state index contributed by atoms with van der Waals surface area (Å²) in [5.41, 5.74) is 0.199. The van der Waals surface area contributed by atoms with E-state index in [1.54, 1.807) is 6.92 Å². The van der Waals surface area contributed by atoms with Gasteiger partial charge in [0.2, 0.25) is 0 Å². The summed E-state index contributed by atoms with van der Waals surface area (Å²) in [5, 5.41) is 2.74. The van der Waals surface area contributed by atoms with Gasteiger partial charge in [0.05, 0.1) is 11.8 Å². The average molecular weight is 269 g/mol. The third-order valence-electron chi connectivity index (χ3n) is 1.67. The van der Waals surface area contributed by atoms with Crippen LogP contribution in [0.5, 0.6) is 0 Å². The molecule has 0 saturated heterocycles. The maximum absolute atomic E-state index is 11.6. The van der Waals surface area contributed by atoms with Gasteiger partial charge in [0.25, 0.3) is 0 Å². The molecule has 1 aromatic rings. The molecule has 0 unspecified atom stereocenters. The summed E-state index contributed by atoms with van der Waals surface area (Å²) in [6, 6.07) is 0. The third kappa shape index (κ3) is 3.89. The van der Waals surface area contributed by atoms with Crippen LogP contribution < -0.4 is 0 Å². The van der Waals surface area contributed by atoms with E-state index >= 15 is 0 Å². The lowest BCUT2D eigenvalue weighted by atomic mass is 10.3. The summed E-state index contributed by atoms with van der Waals surface area (Å²) in [6.07, 6.45) is 1.40. The number of hydrogen-bond donors (Lipinski definition) is 0. The maximum atomic E-state index is 11.6. The molecule has 1 heterocycles. The fraction of sp³-hybridized carbons (Fsp3) is 0.400. The molecule has 1 aromatic heterocycles. The van der Waals surface area contributed by atoms with Crippen LogP contribution in [0.1, 0.15) is 24.2 Å². The molecule has 0 spiro atoms. The highest BCUT2D eigenvalue weighted by molar-refractivity contribution is 7.99. The normalized spacial score (nSPS) is 9.53. The number of esters is 1. The van der Waals surface area contributed by atoms with Crippen LogP contribution in [0.25, 0.3) is 0 Å². The SMILES string of the molecule is CCOC(=O)c1cnc(SCC)nc1N=C=S. The van der Waals surface area contributed by atoms with Crippen molar-refractivity contribution >= 4 is 40.9 Å². The van der Waals surface area contributed by atoms with Crippen molar-refractivity contribution in [2.24, 2.45) is 4.99 Å². The quantitative estimate of drug-likeness (QED) is 0.269. The van der Waals surface area contributed by atoms with Gasteiger partial charge in [-0.2, -0.15) is 4.99 Å². The van der Waals surface area contributed by atoms with Crippen molar-refractivity contribution in [1.82, 2.24) is 9.97 Å². The molecule has 5 nitrogen and oxygen atoms in total. The highest BCUT2D eigenvalue weighted by atomic mass is 32.2. The largest absolute Gasteiger partial charge is 0.462 e. The van der Waals surface area contributed by atoms with Gasteiger partial charge in [-0.3, -0.25) is 0 Å². The van der Waals surface area contributed by atoms with Crippen LogP contribution in [0.3, 0.4) is 0 Å². The molecule has 0 aliphatic carbocycles. The molecular formula is C10H11N3O2S2. The number of carbonyl (C=O) groups is 1. The van der Waals surface area contributed by atoms with Crippen molar-refractivity contribution in [3.63, 3.8) is 0 Å². The second-order valence-corrected chi connectivity index (χ2v) is 4.16. The Bertz CT molecular complexity index is 459. The predicted molar refractivity (Wildman–Crippen MR) is 69.1 cm³/mol. The second-order valence-electron chi connectivity index (χ2n) is 2.75. The minimum absolute atomic E-state index is 0.199. The first-order chi connectivity index (χ1) is 8.22. The average Bonchev–Trinajstić information content (AvgIpc) is 2.30. The van der Waals surface area contributed by atoms with Gasteiger partial charge in [0.1, 0.15) is 5.56 Å². The molecule has 7 heteroatoms. The Labute approximate surface area is 109 Å². The van der Waals surface area contributed by atoms with Gasteiger partial charge in [-0.15, -0.1) is 0 Å². The molecule has 0 N–H and O–H groups in total. The number of isothiocyanates is 1. The summed E-state index contributed by atoms with van der Waals surface area (Å²) in [4.78, 5) is 23.5. The summed E-state index contributed by atoms with van der Waals surface area (Å²) in [5.74, 6) is 0.522. The Balaban J connectivity index is 3.12. The van der Waals surface area contributed by atoms with Gasteiger partial charge in [-0.05, 0) is 24.9 Å². The summed E-state index contributed by atoms with van der Waals surface area (Å²) in [6.45, 7) is 3.99. The van der Waals surface area contributed by atoms with E-state index in [2.05, 4.69) is 32.3 Å². The number of nitrogens with zero attached hydrogens (tertiary/aromatic N) is 3. The van der Waals surface area contributed by atoms with Crippen molar-refractivity contribution in [3.05, 3.63) is 11.8 Å². The fourth-order valence-electron chi connectivity index (χ4n) is 1.04. The van der Waals surface area contributed by atoms with Crippen molar-refractivity contribution < 1.29 is 9.53 Å². The summed E-state index contributed by atoms with van der Waals surface area (Å²) < 4.78 is 4.87. The molecule has 0 radical (unpaired) electrons. The van der Waals surface area contributed by atoms with Crippen LogP contribution in [0.15, 0.2) is 16.3 Å². The number of rotatable bonds is 5. The Kier molecular flexibility index (Phi) is 5.76. The Morgan fingerprint density at radius 2 is 2.41 bits per heavy atom. The lowest BCUT2D eigenvalue weighted by molar-refractivity contribution is 0.0526. The van der Waals surface area contributed by atoms with Crippen molar-refractivity contribution in [2.45, 2.75) is 19.0 Å². The van der Waals surface area contributed by atoms with Gasteiger partial charge >= 0.3 is 5.97 Å². The van der Waals surface area contributed by atoms with Gasteiger partial charge in [-0.1, -0.05) is 18.7 Å². The number of ether oxygens (including phenoxy) is 1. The van der Waals surface area contributed by atoms with E-state index in [0.29, 0.717) is 5.16 Å². The van der Waals surface area contributed by atoms with Crippen LogP contribution in [0.4, 0.5) is 5.82 Å². The molecule has 1 rings (SSSR count). The molecule has 0 aliphatic rings. The standard InChI is InChI=1S/C10H11N3O2S2/c1-3-15-9(14)7-5-11-10(17-4-2)13-8(7)12-6-16/h5H,3-4H2,1-2H3. The first-order valence-electron chi connectivity index (χ1n) is 4.97. The van der Waals surface area contributed by atoms with Crippen LogP contribution in [-0.2, 0) is 4.74 Å². The lowest BCUT2D eigenvalue weighted by Crippen LogP contribution is -2.07. The Hall–Kier alpha value is -1.30. The number of aromatic nitrogens is 2. The molecule has 0 amide bonds. The van der Waals surface area contributed by atoms with E-state index in [9.17, 15) is 4.79 Å². The maximum Gasteiger partial charge on any atom is 0.343 e. The first kappa shape index (κ1) is 13.8. The fourth-order valence-corrected chi connectivity index (χ4v) is 1.66. The minimum atomic E-state index is -0.510. The molecular weight excluding hydrogens is 258 g/mol. The number of hydrogen-bond acceptors (Lipinski definition) is 7. The van der Waals surface area contributed by atoms with E-state index < -0.39 is 5.97 Å². The van der Waals surface area contributed by atoms with E-state index in [1.165, 1.54) is 18.0 Å². The Morgan fingerprint density at radius 3 is 3.00 bits per heavy atom. The van der Waals surface area contributed by atoms with E-state index in [4.69, 9.17) is 4.74 Å². The van der Waals surface area contributed by atoms with Crippen molar-refractivity contribution in [2.75, 3.05) is 12.4 Å². The summed E-state index contributed by atoms with van der Waals surface area (Å²) >= 11 is 5.97. The summed E-state index contributed by atoms with van der Waals surface area (Å²) in [7, 11) is 0. The highest BCUT2D eigenvalue weighted by Crippen LogP contribution is 2.20. The van der Waals surface area contributed by atoms with E-state index in [0.717, 1.165) is 5.75 Å². The smallest absolute Gasteiger partial charge is 0.343 e. The Morgan fingerprint density at radius 1 is 1.65 bits per heavy atom. The van der Waals surface area contributed by atoms with Crippen LogP contribution in [0, 0.1) is 0 Å². The molecule has 0 fully saturated rings. The van der Waals surface area contributed by atoms with Crippen molar-refractivity contribution in [1.29, 1.82) is 0 Å². The highest BCUT2D eigenvalue weighted by Gasteiger charge is 2.15. The van der Waals surface area contributed by atoms with E-state index in [-0.39, 0.29) is 18.0 Å². The molecule has 0 bridgehead atoms. The van der Waals surface area contributed by atoms with Crippen LogP contribution >= 0.6 is 24.0 Å².